The molecule has 1 aromatic carbocycles. The predicted molar refractivity (Wildman–Crippen MR) is 78.2 cm³/mol. The summed E-state index contributed by atoms with van der Waals surface area (Å²) in [4.78, 5) is 0. The van der Waals surface area contributed by atoms with Crippen molar-refractivity contribution in [3.63, 3.8) is 0 Å². The molecule has 0 saturated heterocycles. The fourth-order valence-electron chi connectivity index (χ4n) is 2.81. The highest BCUT2D eigenvalue weighted by atomic mass is 16.5. The first kappa shape index (κ1) is 13.4. The van der Waals surface area contributed by atoms with E-state index in [1.807, 2.05) is 29.0 Å². The summed E-state index contributed by atoms with van der Waals surface area (Å²) < 4.78 is 7.78. The van der Waals surface area contributed by atoms with E-state index in [0.29, 0.717) is 13.3 Å². The second kappa shape index (κ2) is 6.25. The number of hydrogen-bond acceptors (Lipinski definition) is 2. The maximum absolute atomic E-state index is 10.1. The van der Waals surface area contributed by atoms with Crippen LogP contribution in [0.25, 0.3) is 0 Å². The Morgan fingerprint density at radius 2 is 2.00 bits per heavy atom. The third kappa shape index (κ3) is 3.11. The lowest BCUT2D eigenvalue weighted by atomic mass is 10.1. The summed E-state index contributed by atoms with van der Waals surface area (Å²) in [6.07, 6.45) is 8.08. The molecule has 1 atom stereocenters. The molecule has 1 N–H and O–H groups in total. The van der Waals surface area contributed by atoms with Gasteiger partial charge in [-0.1, -0.05) is 36.8 Å². The largest absolute Gasteiger partial charge is 0.388 e. The molecule has 0 saturated carbocycles. The first-order valence-electron chi connectivity index (χ1n) is 7.31. The average Bonchev–Trinajstić information content (AvgIpc) is 2.80. The van der Waals surface area contributed by atoms with Crippen LogP contribution in [0.5, 0.6) is 0 Å². The zero-order valence-electron chi connectivity index (χ0n) is 11.7. The predicted octanol–water partition coefficient (Wildman–Crippen LogP) is 3.42. The summed E-state index contributed by atoms with van der Waals surface area (Å²) in [5.41, 5.74) is 3.55. The SMILES string of the molecule is OC1CCCCc2cn(COCc3ccccc3)cc21. The first-order chi connectivity index (χ1) is 9.83. The fourth-order valence-corrected chi connectivity index (χ4v) is 2.81. The molecular weight excluding hydrogens is 250 g/mol. The molecule has 1 unspecified atom stereocenters. The van der Waals surface area contributed by atoms with Crippen molar-refractivity contribution >= 4 is 0 Å². The zero-order chi connectivity index (χ0) is 13.8. The van der Waals surface area contributed by atoms with E-state index >= 15 is 0 Å². The minimum atomic E-state index is -0.303. The maximum atomic E-state index is 10.1. The number of fused-ring (bicyclic) bond motifs is 1. The van der Waals surface area contributed by atoms with Crippen molar-refractivity contribution in [1.82, 2.24) is 4.57 Å². The van der Waals surface area contributed by atoms with Gasteiger partial charge in [0.25, 0.3) is 0 Å². The molecule has 0 fully saturated rings. The molecule has 20 heavy (non-hydrogen) atoms. The number of aliphatic hydroxyl groups is 1. The van der Waals surface area contributed by atoms with Gasteiger partial charge in [-0.2, -0.15) is 0 Å². The summed E-state index contributed by atoms with van der Waals surface area (Å²) in [6, 6.07) is 10.2. The Morgan fingerprint density at radius 3 is 2.85 bits per heavy atom. The van der Waals surface area contributed by atoms with Crippen molar-refractivity contribution in [3.8, 4) is 0 Å². The van der Waals surface area contributed by atoms with Crippen LogP contribution in [0, 0.1) is 0 Å². The number of hydrogen-bond donors (Lipinski definition) is 1. The number of benzene rings is 1. The van der Waals surface area contributed by atoms with E-state index in [9.17, 15) is 5.11 Å². The van der Waals surface area contributed by atoms with Gasteiger partial charge >= 0.3 is 0 Å². The van der Waals surface area contributed by atoms with Gasteiger partial charge < -0.3 is 14.4 Å². The molecule has 0 aliphatic heterocycles. The quantitative estimate of drug-likeness (QED) is 0.865. The molecule has 1 aliphatic carbocycles. The van der Waals surface area contributed by atoms with E-state index < -0.39 is 0 Å². The first-order valence-corrected chi connectivity index (χ1v) is 7.31. The summed E-state index contributed by atoms with van der Waals surface area (Å²) in [5.74, 6) is 0. The highest BCUT2D eigenvalue weighted by Gasteiger charge is 2.18. The van der Waals surface area contributed by atoms with Crippen molar-refractivity contribution in [2.75, 3.05) is 0 Å². The van der Waals surface area contributed by atoms with E-state index in [4.69, 9.17) is 4.74 Å². The molecule has 2 aromatic rings. The number of aliphatic hydroxyl groups excluding tert-OH is 1. The van der Waals surface area contributed by atoms with Gasteiger partial charge in [0.1, 0.15) is 6.73 Å². The van der Waals surface area contributed by atoms with Gasteiger partial charge in [-0.3, -0.25) is 0 Å². The third-order valence-corrected chi connectivity index (χ3v) is 3.88. The Labute approximate surface area is 119 Å². The Hall–Kier alpha value is -1.58. The number of aryl methyl sites for hydroxylation is 1. The molecule has 0 radical (unpaired) electrons. The zero-order valence-corrected chi connectivity index (χ0v) is 11.7. The lowest BCUT2D eigenvalue weighted by molar-refractivity contribution is 0.0638. The number of rotatable bonds is 4. The van der Waals surface area contributed by atoms with E-state index in [1.54, 1.807) is 0 Å². The summed E-state index contributed by atoms with van der Waals surface area (Å²) in [7, 11) is 0. The number of aromatic nitrogens is 1. The fraction of sp³-hybridized carbons (Fsp3) is 0.412. The van der Waals surface area contributed by atoms with E-state index in [1.165, 1.54) is 17.5 Å². The molecule has 0 spiro atoms. The van der Waals surface area contributed by atoms with E-state index in [2.05, 4.69) is 18.3 Å². The van der Waals surface area contributed by atoms with Gasteiger partial charge in [0.15, 0.2) is 0 Å². The molecule has 0 amide bonds. The molecule has 1 aromatic heterocycles. The van der Waals surface area contributed by atoms with Crippen LogP contribution in [-0.4, -0.2) is 9.67 Å². The topological polar surface area (TPSA) is 34.4 Å². The van der Waals surface area contributed by atoms with Gasteiger partial charge in [0, 0.05) is 18.0 Å². The molecule has 3 heteroatoms. The summed E-state index contributed by atoms with van der Waals surface area (Å²) in [5, 5.41) is 10.1. The lowest BCUT2D eigenvalue weighted by Crippen LogP contribution is -2.01. The number of ether oxygens (including phenoxy) is 1. The van der Waals surface area contributed by atoms with Crippen LogP contribution in [0.4, 0.5) is 0 Å². The van der Waals surface area contributed by atoms with Crippen LogP contribution in [-0.2, 0) is 24.5 Å². The van der Waals surface area contributed by atoms with Crippen LogP contribution in [0.15, 0.2) is 42.7 Å². The summed E-state index contributed by atoms with van der Waals surface area (Å²) in [6.45, 7) is 1.15. The molecular formula is C17H21NO2. The minimum absolute atomic E-state index is 0.303. The van der Waals surface area contributed by atoms with Crippen molar-refractivity contribution in [2.45, 2.75) is 45.1 Å². The van der Waals surface area contributed by atoms with Crippen molar-refractivity contribution in [3.05, 3.63) is 59.4 Å². The van der Waals surface area contributed by atoms with Gasteiger partial charge in [-0.25, -0.2) is 0 Å². The second-order valence-electron chi connectivity index (χ2n) is 5.48. The standard InChI is InChI=1S/C17H21NO2/c19-17-9-5-4-8-15-10-18(11-16(15)17)13-20-12-14-6-2-1-3-7-14/h1-3,6-7,10-11,17,19H,4-5,8-9,12-13H2. The third-order valence-electron chi connectivity index (χ3n) is 3.88. The molecule has 3 rings (SSSR count). The average molecular weight is 271 g/mol. The molecule has 106 valence electrons. The molecule has 0 bridgehead atoms. The minimum Gasteiger partial charge on any atom is -0.388 e. The Bertz CT molecular complexity index is 547. The van der Waals surface area contributed by atoms with Crippen LogP contribution >= 0.6 is 0 Å². The van der Waals surface area contributed by atoms with E-state index in [0.717, 1.165) is 24.8 Å². The monoisotopic (exact) mass is 271 g/mol. The molecule has 1 aliphatic rings. The van der Waals surface area contributed by atoms with Crippen molar-refractivity contribution < 1.29 is 9.84 Å². The van der Waals surface area contributed by atoms with E-state index in [-0.39, 0.29) is 6.10 Å². The van der Waals surface area contributed by atoms with Gasteiger partial charge in [0.05, 0.1) is 12.7 Å². The Balaban J connectivity index is 1.60. The number of nitrogens with zero attached hydrogens (tertiary/aromatic N) is 1. The normalized spacial score (nSPS) is 18.6. The van der Waals surface area contributed by atoms with Crippen LogP contribution in [0.1, 0.15) is 42.1 Å². The Morgan fingerprint density at radius 1 is 1.15 bits per heavy atom. The van der Waals surface area contributed by atoms with Gasteiger partial charge in [-0.05, 0) is 30.4 Å². The highest BCUT2D eigenvalue weighted by molar-refractivity contribution is 5.27. The second-order valence-corrected chi connectivity index (χ2v) is 5.48. The lowest BCUT2D eigenvalue weighted by Gasteiger charge is -2.07. The summed E-state index contributed by atoms with van der Waals surface area (Å²) >= 11 is 0. The van der Waals surface area contributed by atoms with Crippen LogP contribution < -0.4 is 0 Å². The van der Waals surface area contributed by atoms with Gasteiger partial charge in [0.2, 0.25) is 0 Å². The smallest absolute Gasteiger partial charge is 0.122 e. The maximum Gasteiger partial charge on any atom is 0.122 e. The van der Waals surface area contributed by atoms with Crippen molar-refractivity contribution in [1.29, 1.82) is 0 Å². The molecule has 3 nitrogen and oxygen atoms in total. The van der Waals surface area contributed by atoms with Crippen LogP contribution in [0.3, 0.4) is 0 Å². The highest BCUT2D eigenvalue weighted by Crippen LogP contribution is 2.29. The molecule has 1 heterocycles. The van der Waals surface area contributed by atoms with Crippen molar-refractivity contribution in [2.24, 2.45) is 0 Å². The Kier molecular flexibility index (Phi) is 4.19. The van der Waals surface area contributed by atoms with Gasteiger partial charge in [-0.15, -0.1) is 0 Å². The van der Waals surface area contributed by atoms with Crippen LogP contribution in [0.2, 0.25) is 0 Å².